The third-order valence-corrected chi connectivity index (χ3v) is 3.86. The number of halogens is 1. The lowest BCUT2D eigenvalue weighted by Gasteiger charge is -2.25. The standard InChI is InChI=1S/C12H14IN3O/c13-9-4-5-12-11(8-9)14-15-16(12)6-7-17-10-2-1-3-10/h4-5,8,10H,1-3,6-7H2. The number of fused-ring (bicyclic) bond motifs is 1. The number of ether oxygens (including phenoxy) is 1. The maximum absolute atomic E-state index is 5.73. The van der Waals surface area contributed by atoms with Gasteiger partial charge >= 0.3 is 0 Å². The highest BCUT2D eigenvalue weighted by atomic mass is 127. The molecule has 17 heavy (non-hydrogen) atoms. The van der Waals surface area contributed by atoms with Gasteiger partial charge in [0.25, 0.3) is 0 Å². The third kappa shape index (κ3) is 2.44. The Morgan fingerprint density at radius 3 is 3.06 bits per heavy atom. The van der Waals surface area contributed by atoms with E-state index >= 15 is 0 Å². The van der Waals surface area contributed by atoms with E-state index in [0.717, 1.165) is 24.2 Å². The molecule has 1 fully saturated rings. The summed E-state index contributed by atoms with van der Waals surface area (Å²) in [6.45, 7) is 1.52. The number of rotatable bonds is 4. The van der Waals surface area contributed by atoms with Crippen LogP contribution in [0.2, 0.25) is 0 Å². The van der Waals surface area contributed by atoms with Crippen LogP contribution in [0.4, 0.5) is 0 Å². The van der Waals surface area contributed by atoms with Crippen LogP contribution in [-0.4, -0.2) is 27.7 Å². The molecule has 1 aromatic heterocycles. The lowest BCUT2D eigenvalue weighted by Crippen LogP contribution is -2.23. The van der Waals surface area contributed by atoms with Gasteiger partial charge in [-0.25, -0.2) is 4.68 Å². The predicted octanol–water partition coefficient (Wildman–Crippen LogP) is 2.61. The quantitative estimate of drug-likeness (QED) is 0.802. The Hall–Kier alpha value is -0.690. The van der Waals surface area contributed by atoms with Gasteiger partial charge in [-0.2, -0.15) is 0 Å². The molecule has 0 radical (unpaired) electrons. The normalized spacial score (nSPS) is 16.3. The van der Waals surface area contributed by atoms with Crippen molar-refractivity contribution in [3.63, 3.8) is 0 Å². The molecule has 0 bridgehead atoms. The third-order valence-electron chi connectivity index (χ3n) is 3.18. The molecule has 5 heteroatoms. The van der Waals surface area contributed by atoms with E-state index in [1.54, 1.807) is 0 Å². The van der Waals surface area contributed by atoms with Crippen LogP contribution in [0.1, 0.15) is 19.3 Å². The Labute approximate surface area is 113 Å². The molecule has 0 N–H and O–H groups in total. The second kappa shape index (κ2) is 4.89. The average molecular weight is 343 g/mol. The van der Waals surface area contributed by atoms with Crippen molar-refractivity contribution in [2.45, 2.75) is 31.9 Å². The Kier molecular flexibility index (Phi) is 3.28. The van der Waals surface area contributed by atoms with Crippen LogP contribution in [0.15, 0.2) is 18.2 Å². The number of hydrogen-bond acceptors (Lipinski definition) is 3. The first-order valence-electron chi connectivity index (χ1n) is 5.93. The lowest BCUT2D eigenvalue weighted by molar-refractivity contribution is -0.00212. The maximum Gasteiger partial charge on any atom is 0.114 e. The molecule has 0 atom stereocenters. The van der Waals surface area contributed by atoms with Gasteiger partial charge in [-0.15, -0.1) is 5.10 Å². The van der Waals surface area contributed by atoms with Gasteiger partial charge in [0.15, 0.2) is 0 Å². The van der Waals surface area contributed by atoms with Crippen molar-refractivity contribution in [3.05, 3.63) is 21.8 Å². The molecule has 0 spiro atoms. The Morgan fingerprint density at radius 2 is 2.29 bits per heavy atom. The van der Waals surface area contributed by atoms with Crippen LogP contribution in [0, 0.1) is 3.57 Å². The first kappa shape index (κ1) is 11.4. The SMILES string of the molecule is Ic1ccc2c(c1)nnn2CCOC1CCC1. The van der Waals surface area contributed by atoms with Gasteiger partial charge < -0.3 is 4.74 Å². The van der Waals surface area contributed by atoms with E-state index in [1.807, 2.05) is 10.7 Å². The van der Waals surface area contributed by atoms with Gasteiger partial charge in [0.05, 0.1) is 24.8 Å². The van der Waals surface area contributed by atoms with Crippen molar-refractivity contribution < 1.29 is 4.74 Å². The van der Waals surface area contributed by atoms with Gasteiger partial charge in [0.2, 0.25) is 0 Å². The lowest BCUT2D eigenvalue weighted by atomic mass is 9.96. The van der Waals surface area contributed by atoms with Gasteiger partial charge in [0, 0.05) is 3.57 Å². The van der Waals surface area contributed by atoms with Crippen molar-refractivity contribution in [3.8, 4) is 0 Å². The number of benzene rings is 1. The molecule has 1 aromatic carbocycles. The largest absolute Gasteiger partial charge is 0.376 e. The average Bonchev–Trinajstić information content (AvgIpc) is 2.64. The molecule has 1 heterocycles. The topological polar surface area (TPSA) is 39.9 Å². The van der Waals surface area contributed by atoms with Gasteiger partial charge in [-0.05, 0) is 60.1 Å². The Bertz CT molecular complexity index is 521. The highest BCUT2D eigenvalue weighted by Crippen LogP contribution is 2.22. The predicted molar refractivity (Wildman–Crippen MR) is 73.8 cm³/mol. The van der Waals surface area contributed by atoms with Gasteiger partial charge in [-0.1, -0.05) is 5.21 Å². The summed E-state index contributed by atoms with van der Waals surface area (Å²) in [5, 5.41) is 8.32. The summed E-state index contributed by atoms with van der Waals surface area (Å²) in [4.78, 5) is 0. The molecule has 3 rings (SSSR count). The monoisotopic (exact) mass is 343 g/mol. The molecule has 4 nitrogen and oxygen atoms in total. The minimum absolute atomic E-state index is 0.491. The molecule has 90 valence electrons. The molecular weight excluding hydrogens is 329 g/mol. The van der Waals surface area contributed by atoms with Gasteiger partial charge in [-0.3, -0.25) is 0 Å². The summed E-state index contributed by atoms with van der Waals surface area (Å²) in [6.07, 6.45) is 4.24. The van der Waals surface area contributed by atoms with Crippen molar-refractivity contribution in [2.75, 3.05) is 6.61 Å². The van der Waals surface area contributed by atoms with Crippen molar-refractivity contribution in [1.29, 1.82) is 0 Å². The second-order valence-electron chi connectivity index (χ2n) is 4.37. The molecule has 0 unspecified atom stereocenters. The molecule has 0 aliphatic heterocycles. The van der Waals surface area contributed by atoms with Crippen LogP contribution in [0.25, 0.3) is 11.0 Å². The van der Waals surface area contributed by atoms with Crippen LogP contribution >= 0.6 is 22.6 Å². The molecule has 1 saturated carbocycles. The summed E-state index contributed by atoms with van der Waals surface area (Å²) in [5.41, 5.74) is 2.04. The Morgan fingerprint density at radius 1 is 1.41 bits per heavy atom. The number of aromatic nitrogens is 3. The maximum atomic E-state index is 5.73. The fourth-order valence-corrected chi connectivity index (χ4v) is 2.43. The van der Waals surface area contributed by atoms with Crippen LogP contribution in [0.5, 0.6) is 0 Å². The smallest absolute Gasteiger partial charge is 0.114 e. The van der Waals surface area contributed by atoms with E-state index < -0.39 is 0 Å². The molecular formula is C12H14IN3O. The summed E-state index contributed by atoms with van der Waals surface area (Å²) in [7, 11) is 0. The minimum Gasteiger partial charge on any atom is -0.376 e. The van der Waals surface area contributed by atoms with Crippen molar-refractivity contribution >= 4 is 33.6 Å². The molecule has 1 aliphatic rings. The summed E-state index contributed by atoms with van der Waals surface area (Å²) in [6, 6.07) is 6.20. The first-order chi connectivity index (χ1) is 8.33. The van der Waals surface area contributed by atoms with E-state index in [0.29, 0.717) is 6.10 Å². The number of nitrogens with zero attached hydrogens (tertiary/aromatic N) is 3. The summed E-state index contributed by atoms with van der Waals surface area (Å²) < 4.78 is 8.84. The van der Waals surface area contributed by atoms with E-state index in [4.69, 9.17) is 4.74 Å². The van der Waals surface area contributed by atoms with Crippen LogP contribution in [0.3, 0.4) is 0 Å². The van der Waals surface area contributed by atoms with Crippen molar-refractivity contribution in [1.82, 2.24) is 15.0 Å². The Balaban J connectivity index is 1.67. The van der Waals surface area contributed by atoms with Crippen molar-refractivity contribution in [2.24, 2.45) is 0 Å². The van der Waals surface area contributed by atoms with Gasteiger partial charge in [0.1, 0.15) is 5.52 Å². The van der Waals surface area contributed by atoms with E-state index in [-0.39, 0.29) is 0 Å². The van der Waals surface area contributed by atoms with Crippen LogP contribution in [-0.2, 0) is 11.3 Å². The zero-order valence-electron chi connectivity index (χ0n) is 9.47. The fraction of sp³-hybridized carbons (Fsp3) is 0.500. The van der Waals surface area contributed by atoms with E-state index in [2.05, 4.69) is 45.0 Å². The minimum atomic E-state index is 0.491. The first-order valence-corrected chi connectivity index (χ1v) is 7.01. The zero-order valence-corrected chi connectivity index (χ0v) is 11.6. The zero-order chi connectivity index (χ0) is 11.7. The molecule has 0 saturated heterocycles. The molecule has 2 aromatic rings. The highest BCUT2D eigenvalue weighted by Gasteiger charge is 2.17. The fourth-order valence-electron chi connectivity index (χ4n) is 1.95. The van der Waals surface area contributed by atoms with Crippen LogP contribution < -0.4 is 0 Å². The second-order valence-corrected chi connectivity index (χ2v) is 5.61. The summed E-state index contributed by atoms with van der Waals surface area (Å²) in [5.74, 6) is 0. The molecule has 1 aliphatic carbocycles. The molecule has 0 amide bonds. The highest BCUT2D eigenvalue weighted by molar-refractivity contribution is 14.1. The summed E-state index contributed by atoms with van der Waals surface area (Å²) >= 11 is 2.29. The van der Waals surface area contributed by atoms with E-state index in [9.17, 15) is 0 Å². The van der Waals surface area contributed by atoms with E-state index in [1.165, 1.54) is 22.8 Å². The number of hydrogen-bond donors (Lipinski definition) is 0.